The first-order chi connectivity index (χ1) is 13.2. The Hall–Kier alpha value is -3.42. The molecule has 27 heavy (non-hydrogen) atoms. The molecular weight excluding hydrogens is 346 g/mol. The smallest absolute Gasteiger partial charge is 0.255 e. The zero-order chi connectivity index (χ0) is 18.6. The Balaban J connectivity index is 1.30. The number of aromatic nitrogens is 4. The lowest BCUT2D eigenvalue weighted by Gasteiger charge is -2.38. The lowest BCUT2D eigenvalue weighted by molar-refractivity contribution is 0.0498. The SMILES string of the molecule is COc1ccc(C(=O)N2CC(n3cc(COc4ccccc4)nn3)C2)cn1. The summed E-state index contributed by atoms with van der Waals surface area (Å²) in [6.07, 6.45) is 3.40. The molecule has 0 aliphatic carbocycles. The number of likely N-dealkylation sites (tertiary alicyclic amines) is 1. The molecule has 1 saturated heterocycles. The largest absolute Gasteiger partial charge is 0.487 e. The minimum atomic E-state index is -0.0471. The Bertz CT molecular complexity index is 905. The average Bonchev–Trinajstić information content (AvgIpc) is 3.14. The van der Waals surface area contributed by atoms with Crippen molar-refractivity contribution in [3.8, 4) is 11.6 Å². The lowest BCUT2D eigenvalue weighted by Crippen LogP contribution is -2.50. The molecule has 3 heterocycles. The zero-order valence-corrected chi connectivity index (χ0v) is 14.9. The van der Waals surface area contributed by atoms with Gasteiger partial charge in [-0.15, -0.1) is 5.10 Å². The minimum absolute atomic E-state index is 0.0471. The predicted octanol–water partition coefficient (Wildman–Crippen LogP) is 1.96. The van der Waals surface area contributed by atoms with Gasteiger partial charge in [-0.3, -0.25) is 4.79 Å². The quantitative estimate of drug-likeness (QED) is 0.664. The molecule has 0 saturated carbocycles. The predicted molar refractivity (Wildman–Crippen MR) is 96.5 cm³/mol. The molecule has 0 N–H and O–H groups in total. The van der Waals surface area contributed by atoms with Gasteiger partial charge in [-0.2, -0.15) is 0 Å². The molecule has 1 aliphatic heterocycles. The van der Waals surface area contributed by atoms with E-state index in [1.165, 1.54) is 6.20 Å². The van der Waals surface area contributed by atoms with E-state index < -0.39 is 0 Å². The van der Waals surface area contributed by atoms with E-state index in [0.717, 1.165) is 11.4 Å². The fourth-order valence-corrected chi connectivity index (χ4v) is 2.83. The van der Waals surface area contributed by atoms with Gasteiger partial charge in [-0.25, -0.2) is 9.67 Å². The molecule has 8 heteroatoms. The Morgan fingerprint density at radius 2 is 2.00 bits per heavy atom. The summed E-state index contributed by atoms with van der Waals surface area (Å²) in [7, 11) is 1.54. The van der Waals surface area contributed by atoms with Gasteiger partial charge < -0.3 is 14.4 Å². The molecular formula is C19H19N5O3. The van der Waals surface area contributed by atoms with E-state index in [-0.39, 0.29) is 11.9 Å². The standard InChI is InChI=1S/C19H19N5O3/c1-26-18-8-7-14(9-20-18)19(25)23-11-16(12-23)24-10-15(21-22-24)13-27-17-5-3-2-4-6-17/h2-10,16H,11-13H2,1H3. The van der Waals surface area contributed by atoms with Crippen molar-refractivity contribution in [1.29, 1.82) is 0 Å². The molecule has 1 amide bonds. The summed E-state index contributed by atoms with van der Waals surface area (Å²) in [6.45, 7) is 1.54. The number of benzene rings is 1. The Morgan fingerprint density at radius 1 is 1.19 bits per heavy atom. The normalized spacial score (nSPS) is 13.9. The van der Waals surface area contributed by atoms with Gasteiger partial charge in [0.1, 0.15) is 18.1 Å². The van der Waals surface area contributed by atoms with E-state index in [2.05, 4.69) is 15.3 Å². The van der Waals surface area contributed by atoms with Crippen LogP contribution in [-0.4, -0.2) is 51.0 Å². The van der Waals surface area contributed by atoms with Crippen molar-refractivity contribution in [3.63, 3.8) is 0 Å². The number of para-hydroxylation sites is 1. The number of hydrogen-bond donors (Lipinski definition) is 0. The molecule has 0 unspecified atom stereocenters. The van der Waals surface area contributed by atoms with Crippen molar-refractivity contribution < 1.29 is 14.3 Å². The van der Waals surface area contributed by atoms with Gasteiger partial charge in [0.05, 0.1) is 24.9 Å². The van der Waals surface area contributed by atoms with E-state index in [1.54, 1.807) is 28.8 Å². The van der Waals surface area contributed by atoms with Crippen LogP contribution in [0.1, 0.15) is 22.1 Å². The number of methoxy groups -OCH3 is 1. The molecule has 1 aromatic carbocycles. The topological polar surface area (TPSA) is 82.4 Å². The first-order valence-corrected chi connectivity index (χ1v) is 8.61. The maximum absolute atomic E-state index is 12.4. The van der Waals surface area contributed by atoms with Crippen molar-refractivity contribution >= 4 is 5.91 Å². The van der Waals surface area contributed by atoms with Crippen molar-refractivity contribution in [2.45, 2.75) is 12.6 Å². The Morgan fingerprint density at radius 3 is 2.70 bits per heavy atom. The summed E-state index contributed by atoms with van der Waals surface area (Å²) < 4.78 is 12.5. The van der Waals surface area contributed by atoms with Crippen LogP contribution < -0.4 is 9.47 Å². The fourth-order valence-electron chi connectivity index (χ4n) is 2.83. The van der Waals surface area contributed by atoms with Crippen LogP contribution in [-0.2, 0) is 6.61 Å². The average molecular weight is 365 g/mol. The van der Waals surface area contributed by atoms with Gasteiger partial charge in [0.25, 0.3) is 5.91 Å². The van der Waals surface area contributed by atoms with Gasteiger partial charge >= 0.3 is 0 Å². The molecule has 1 aliphatic rings. The van der Waals surface area contributed by atoms with Gasteiger partial charge in [-0.05, 0) is 18.2 Å². The molecule has 0 bridgehead atoms. The van der Waals surface area contributed by atoms with Crippen molar-refractivity contribution in [2.24, 2.45) is 0 Å². The number of rotatable bonds is 6. The number of carbonyl (C=O) groups is 1. The van der Waals surface area contributed by atoms with Crippen LogP contribution in [0.15, 0.2) is 54.9 Å². The number of amides is 1. The maximum Gasteiger partial charge on any atom is 0.255 e. The second kappa shape index (κ2) is 7.45. The van der Waals surface area contributed by atoms with E-state index in [9.17, 15) is 4.79 Å². The highest BCUT2D eigenvalue weighted by molar-refractivity contribution is 5.94. The molecule has 0 radical (unpaired) electrons. The number of ether oxygens (including phenoxy) is 2. The third-order valence-electron chi connectivity index (χ3n) is 4.40. The summed E-state index contributed by atoms with van der Waals surface area (Å²) in [5.74, 6) is 1.23. The lowest BCUT2D eigenvalue weighted by atomic mass is 10.1. The van der Waals surface area contributed by atoms with E-state index >= 15 is 0 Å². The van der Waals surface area contributed by atoms with Crippen LogP contribution in [0.2, 0.25) is 0 Å². The minimum Gasteiger partial charge on any atom is -0.487 e. The third-order valence-corrected chi connectivity index (χ3v) is 4.40. The van der Waals surface area contributed by atoms with Crippen LogP contribution in [0.4, 0.5) is 0 Å². The first-order valence-electron chi connectivity index (χ1n) is 8.61. The van der Waals surface area contributed by atoms with Gasteiger partial charge in [-0.1, -0.05) is 23.4 Å². The highest BCUT2D eigenvalue weighted by Crippen LogP contribution is 2.23. The summed E-state index contributed by atoms with van der Waals surface area (Å²) in [5, 5.41) is 8.30. The highest BCUT2D eigenvalue weighted by Gasteiger charge is 2.33. The highest BCUT2D eigenvalue weighted by atomic mass is 16.5. The second-order valence-electron chi connectivity index (χ2n) is 6.24. The van der Waals surface area contributed by atoms with Crippen molar-refractivity contribution in [2.75, 3.05) is 20.2 Å². The monoisotopic (exact) mass is 365 g/mol. The molecule has 3 aromatic rings. The molecule has 1 fully saturated rings. The molecule has 138 valence electrons. The summed E-state index contributed by atoms with van der Waals surface area (Å²) in [5.41, 5.74) is 1.30. The van der Waals surface area contributed by atoms with E-state index in [1.807, 2.05) is 36.5 Å². The third kappa shape index (κ3) is 3.74. The molecule has 8 nitrogen and oxygen atoms in total. The summed E-state index contributed by atoms with van der Waals surface area (Å²) >= 11 is 0. The summed E-state index contributed by atoms with van der Waals surface area (Å²) in [6, 6.07) is 13.1. The van der Waals surface area contributed by atoms with Crippen LogP contribution in [0.5, 0.6) is 11.6 Å². The zero-order valence-electron chi connectivity index (χ0n) is 14.9. The van der Waals surface area contributed by atoms with Crippen molar-refractivity contribution in [1.82, 2.24) is 24.9 Å². The maximum atomic E-state index is 12.4. The number of pyridine rings is 1. The fraction of sp³-hybridized carbons (Fsp3) is 0.263. The number of carbonyl (C=O) groups excluding carboxylic acids is 1. The molecule has 0 spiro atoms. The van der Waals surface area contributed by atoms with Gasteiger partial charge in [0.2, 0.25) is 5.88 Å². The van der Waals surface area contributed by atoms with Crippen LogP contribution >= 0.6 is 0 Å². The van der Waals surface area contributed by atoms with Crippen LogP contribution in [0.3, 0.4) is 0 Å². The molecule has 0 atom stereocenters. The second-order valence-corrected chi connectivity index (χ2v) is 6.24. The van der Waals surface area contributed by atoms with Crippen LogP contribution in [0, 0.1) is 0 Å². The Kier molecular flexibility index (Phi) is 4.69. The molecule has 2 aromatic heterocycles. The Labute approximate surface area is 156 Å². The number of nitrogens with zero attached hydrogens (tertiary/aromatic N) is 5. The van der Waals surface area contributed by atoms with E-state index in [4.69, 9.17) is 9.47 Å². The van der Waals surface area contributed by atoms with Crippen molar-refractivity contribution in [3.05, 3.63) is 66.1 Å². The first kappa shape index (κ1) is 17.0. The molecule has 4 rings (SSSR count). The van der Waals surface area contributed by atoms with Gasteiger partial charge in [0, 0.05) is 25.4 Å². The number of hydrogen-bond acceptors (Lipinski definition) is 6. The van der Waals surface area contributed by atoms with Gasteiger partial charge in [0.15, 0.2) is 0 Å². The van der Waals surface area contributed by atoms with E-state index in [0.29, 0.717) is 31.1 Å². The van der Waals surface area contributed by atoms with Crippen LogP contribution in [0.25, 0.3) is 0 Å². The summed E-state index contributed by atoms with van der Waals surface area (Å²) in [4.78, 5) is 18.3.